The number of fused-ring (bicyclic) bond motifs is 2. The third-order valence-corrected chi connectivity index (χ3v) is 6.85. The van der Waals surface area contributed by atoms with Gasteiger partial charge in [0.05, 0.1) is 34.2 Å². The van der Waals surface area contributed by atoms with Gasteiger partial charge in [-0.05, 0) is 43.7 Å². The molecule has 1 unspecified atom stereocenters. The number of ketones is 1. The first kappa shape index (κ1) is 21.1. The Kier molecular flexibility index (Phi) is 5.09. The number of carbonyl (C=O) groups excluding carboxylic acids is 2. The summed E-state index contributed by atoms with van der Waals surface area (Å²) in [6.07, 6.45) is 0. The average molecular weight is 461 g/mol. The molecule has 1 amide bonds. The Morgan fingerprint density at radius 1 is 1.15 bits per heavy atom. The lowest BCUT2D eigenvalue weighted by atomic mass is 9.98. The molecule has 1 aliphatic rings. The van der Waals surface area contributed by atoms with Crippen molar-refractivity contribution in [2.45, 2.75) is 26.8 Å². The molecule has 8 heteroatoms. The highest BCUT2D eigenvalue weighted by Crippen LogP contribution is 2.43. The van der Waals surface area contributed by atoms with Gasteiger partial charge in [-0.1, -0.05) is 35.6 Å². The van der Waals surface area contributed by atoms with Crippen LogP contribution in [-0.2, 0) is 0 Å². The van der Waals surface area contributed by atoms with E-state index in [1.54, 1.807) is 43.3 Å². The predicted molar refractivity (Wildman–Crippen MR) is 126 cm³/mol. The number of aryl methyl sites for hydroxylation is 1. The molecule has 1 atom stereocenters. The number of Topliss-reactive ketones (excluding diaryl/α,β-unsaturated/α-hetero) is 1. The maximum Gasteiger partial charge on any atom is 0.297 e. The topological polar surface area (TPSA) is 89.7 Å². The maximum atomic E-state index is 13.6. The summed E-state index contributed by atoms with van der Waals surface area (Å²) in [6.45, 7) is 5.62. The number of nitrogens with zero attached hydrogens (tertiary/aromatic N) is 2. The summed E-state index contributed by atoms with van der Waals surface area (Å²) < 4.78 is 11.5. The van der Waals surface area contributed by atoms with Crippen LogP contribution < -0.4 is 15.1 Å². The lowest BCUT2D eigenvalue weighted by Gasteiger charge is -2.22. The van der Waals surface area contributed by atoms with Crippen LogP contribution in [0, 0.1) is 6.92 Å². The minimum atomic E-state index is -0.741. The van der Waals surface area contributed by atoms with Gasteiger partial charge >= 0.3 is 0 Å². The second-order valence-corrected chi connectivity index (χ2v) is 8.69. The highest BCUT2D eigenvalue weighted by molar-refractivity contribution is 7.17. The van der Waals surface area contributed by atoms with Crippen LogP contribution in [0.15, 0.2) is 57.7 Å². The van der Waals surface area contributed by atoms with Crippen molar-refractivity contribution in [2.24, 2.45) is 0 Å². The number of hydrogen-bond donors (Lipinski definition) is 0. The zero-order valence-corrected chi connectivity index (χ0v) is 19.1. The molecule has 4 aromatic rings. The van der Waals surface area contributed by atoms with Gasteiger partial charge in [-0.15, -0.1) is 0 Å². The summed E-state index contributed by atoms with van der Waals surface area (Å²) >= 11 is 1.14. The summed E-state index contributed by atoms with van der Waals surface area (Å²) in [4.78, 5) is 45.6. The van der Waals surface area contributed by atoms with Crippen molar-refractivity contribution in [3.63, 3.8) is 0 Å². The van der Waals surface area contributed by atoms with Gasteiger partial charge in [0.15, 0.2) is 16.3 Å². The van der Waals surface area contributed by atoms with Gasteiger partial charge in [0.1, 0.15) is 11.3 Å². The average Bonchev–Trinajstić information content (AvgIpc) is 3.32. The van der Waals surface area contributed by atoms with E-state index in [2.05, 4.69) is 4.98 Å². The zero-order valence-electron chi connectivity index (χ0n) is 18.2. The van der Waals surface area contributed by atoms with Crippen LogP contribution in [-0.4, -0.2) is 23.3 Å². The maximum absolute atomic E-state index is 13.6. The van der Waals surface area contributed by atoms with E-state index in [0.717, 1.165) is 11.3 Å². The predicted octanol–water partition coefficient (Wildman–Crippen LogP) is 4.91. The lowest BCUT2D eigenvalue weighted by Crippen LogP contribution is -2.29. The number of thiazole rings is 1. The zero-order chi connectivity index (χ0) is 23.3. The van der Waals surface area contributed by atoms with Crippen LogP contribution in [0.3, 0.4) is 0 Å². The molecule has 0 fully saturated rings. The molecule has 166 valence electrons. The number of amides is 1. The number of rotatable bonds is 5. The molecule has 3 heterocycles. The summed E-state index contributed by atoms with van der Waals surface area (Å²) in [6, 6.07) is 13.4. The van der Waals surface area contributed by atoms with Gasteiger partial charge in [-0.2, -0.15) is 0 Å². The smallest absolute Gasteiger partial charge is 0.297 e. The van der Waals surface area contributed by atoms with Crippen molar-refractivity contribution in [2.75, 3.05) is 11.5 Å². The van der Waals surface area contributed by atoms with Crippen molar-refractivity contribution in [1.29, 1.82) is 0 Å². The van der Waals surface area contributed by atoms with E-state index in [9.17, 15) is 14.4 Å². The van der Waals surface area contributed by atoms with E-state index < -0.39 is 11.9 Å². The Labute approximate surface area is 193 Å². The van der Waals surface area contributed by atoms with Crippen LogP contribution in [0.5, 0.6) is 5.75 Å². The number of ether oxygens (including phenoxy) is 1. The fourth-order valence-corrected chi connectivity index (χ4v) is 5.15. The number of hydrogen-bond acceptors (Lipinski definition) is 7. The molecular formula is C25H20N2O5S. The second kappa shape index (κ2) is 7.97. The van der Waals surface area contributed by atoms with Crippen LogP contribution in [0.25, 0.3) is 11.0 Å². The number of anilines is 1. The minimum absolute atomic E-state index is 0.00480. The third kappa shape index (κ3) is 3.34. The van der Waals surface area contributed by atoms with Gasteiger partial charge in [0, 0.05) is 6.92 Å². The Morgan fingerprint density at radius 2 is 1.88 bits per heavy atom. The highest BCUT2D eigenvalue weighted by atomic mass is 32.1. The van der Waals surface area contributed by atoms with Crippen LogP contribution in [0.2, 0.25) is 0 Å². The minimum Gasteiger partial charge on any atom is -0.494 e. The third-order valence-electron chi connectivity index (χ3n) is 5.60. The fourth-order valence-electron chi connectivity index (χ4n) is 4.16. The molecule has 33 heavy (non-hydrogen) atoms. The SMILES string of the molecule is CCOc1ccc(C2c3c(oc4ccccc4c3=O)C(=O)N2c2nc(C)c(C(C)=O)s2)cc1. The molecule has 0 N–H and O–H groups in total. The van der Waals surface area contributed by atoms with Crippen LogP contribution >= 0.6 is 11.3 Å². The Hall–Kier alpha value is -3.78. The second-order valence-electron chi connectivity index (χ2n) is 7.72. The Morgan fingerprint density at radius 3 is 2.55 bits per heavy atom. The molecule has 0 saturated carbocycles. The number of carbonyl (C=O) groups is 2. The quantitative estimate of drug-likeness (QED) is 0.393. The first-order valence-electron chi connectivity index (χ1n) is 10.5. The van der Waals surface area contributed by atoms with E-state index >= 15 is 0 Å². The molecule has 0 saturated heterocycles. The molecule has 5 rings (SSSR count). The summed E-state index contributed by atoms with van der Waals surface area (Å²) in [5.41, 5.74) is 1.61. The van der Waals surface area contributed by atoms with Crippen molar-refractivity contribution in [3.8, 4) is 5.75 Å². The van der Waals surface area contributed by atoms with Crippen molar-refractivity contribution >= 4 is 39.1 Å². The summed E-state index contributed by atoms with van der Waals surface area (Å²) in [5, 5.41) is 0.748. The van der Waals surface area contributed by atoms with E-state index in [1.807, 2.05) is 19.1 Å². The van der Waals surface area contributed by atoms with E-state index in [-0.39, 0.29) is 22.5 Å². The largest absolute Gasteiger partial charge is 0.494 e. The molecular weight excluding hydrogens is 440 g/mol. The van der Waals surface area contributed by atoms with Gasteiger partial charge in [-0.25, -0.2) is 4.98 Å². The van der Waals surface area contributed by atoms with Crippen LogP contribution in [0.4, 0.5) is 5.13 Å². The Bertz CT molecular complexity index is 1470. The molecule has 0 spiro atoms. The van der Waals surface area contributed by atoms with E-state index in [1.165, 1.54) is 11.8 Å². The Balaban J connectivity index is 1.75. The number of para-hydroxylation sites is 1. The molecule has 0 radical (unpaired) electrons. The summed E-state index contributed by atoms with van der Waals surface area (Å²) in [5.74, 6) is 0.0928. The molecule has 7 nitrogen and oxygen atoms in total. The van der Waals surface area contributed by atoms with E-state index in [0.29, 0.717) is 44.6 Å². The van der Waals surface area contributed by atoms with Crippen LogP contribution in [0.1, 0.15) is 56.9 Å². The molecule has 0 aliphatic carbocycles. The highest BCUT2D eigenvalue weighted by Gasteiger charge is 2.45. The first-order valence-corrected chi connectivity index (χ1v) is 11.3. The fraction of sp³-hybridized carbons (Fsp3) is 0.200. The van der Waals surface area contributed by atoms with Gasteiger partial charge in [-0.3, -0.25) is 19.3 Å². The van der Waals surface area contributed by atoms with Crippen molar-refractivity contribution in [3.05, 3.63) is 86.2 Å². The molecule has 1 aliphatic heterocycles. The first-order chi connectivity index (χ1) is 15.9. The molecule has 2 aromatic carbocycles. The number of benzene rings is 2. The molecule has 0 bridgehead atoms. The van der Waals surface area contributed by atoms with Gasteiger partial charge in [0.25, 0.3) is 5.91 Å². The van der Waals surface area contributed by atoms with E-state index in [4.69, 9.17) is 9.15 Å². The normalized spacial score (nSPS) is 15.2. The van der Waals surface area contributed by atoms with Gasteiger partial charge < -0.3 is 9.15 Å². The number of aromatic nitrogens is 1. The molecule has 2 aromatic heterocycles. The van der Waals surface area contributed by atoms with Crippen molar-refractivity contribution in [1.82, 2.24) is 4.98 Å². The summed E-state index contributed by atoms with van der Waals surface area (Å²) in [7, 11) is 0. The lowest BCUT2D eigenvalue weighted by molar-refractivity contribution is 0.0969. The van der Waals surface area contributed by atoms with Crippen molar-refractivity contribution < 1.29 is 18.7 Å². The standard InChI is InChI=1S/C25H20N2O5S/c1-4-31-16-11-9-15(10-12-16)20-19-21(29)17-7-5-6-8-18(17)32-22(19)24(30)27(20)25-26-13(2)23(33-25)14(3)28/h5-12,20H,4H2,1-3H3. The monoisotopic (exact) mass is 460 g/mol. The van der Waals surface area contributed by atoms with Gasteiger partial charge in [0.2, 0.25) is 5.76 Å².